The molecule has 2 aromatic rings. The second-order valence-corrected chi connectivity index (χ2v) is 8.68. The van der Waals surface area contributed by atoms with E-state index in [1.807, 2.05) is 34.5 Å². The first-order valence-corrected chi connectivity index (χ1v) is 11.3. The fourth-order valence-corrected chi connectivity index (χ4v) is 5.23. The fourth-order valence-electron chi connectivity index (χ4n) is 4.37. The lowest BCUT2D eigenvalue weighted by Crippen LogP contribution is -2.40. The van der Waals surface area contributed by atoms with Crippen LogP contribution in [0.5, 0.6) is 11.5 Å². The van der Waals surface area contributed by atoms with E-state index in [-0.39, 0.29) is 36.6 Å². The maximum Gasteiger partial charge on any atom is 0.229 e. The molecule has 3 heterocycles. The Morgan fingerprint density at radius 2 is 1.81 bits per heavy atom. The maximum absolute atomic E-state index is 13.2. The van der Waals surface area contributed by atoms with Crippen molar-refractivity contribution >= 4 is 29.1 Å². The molecule has 1 saturated heterocycles. The minimum absolute atomic E-state index is 0.0259. The van der Waals surface area contributed by atoms with Crippen molar-refractivity contribution in [2.75, 3.05) is 27.3 Å². The summed E-state index contributed by atoms with van der Waals surface area (Å²) in [5, 5.41) is 2.01. The molecule has 1 aromatic carbocycles. The van der Waals surface area contributed by atoms with Crippen LogP contribution in [0.2, 0.25) is 0 Å². The molecule has 1 fully saturated rings. The van der Waals surface area contributed by atoms with Gasteiger partial charge in [-0.3, -0.25) is 19.3 Å². The molecular weight excluding hydrogens is 416 g/mol. The third kappa shape index (κ3) is 4.17. The van der Waals surface area contributed by atoms with E-state index in [1.54, 1.807) is 25.6 Å². The van der Waals surface area contributed by atoms with Crippen LogP contribution in [0.25, 0.3) is 0 Å². The molecule has 31 heavy (non-hydrogen) atoms. The summed E-state index contributed by atoms with van der Waals surface area (Å²) < 4.78 is 11.0. The summed E-state index contributed by atoms with van der Waals surface area (Å²) >= 11 is 1.62. The summed E-state index contributed by atoms with van der Waals surface area (Å²) in [5.41, 5.74) is 2.19. The third-order valence-corrected chi connectivity index (χ3v) is 6.86. The van der Waals surface area contributed by atoms with Crippen molar-refractivity contribution in [2.45, 2.75) is 38.1 Å². The van der Waals surface area contributed by atoms with Gasteiger partial charge in [-0.25, -0.2) is 0 Å². The first-order chi connectivity index (χ1) is 15.0. The largest absolute Gasteiger partial charge is 0.493 e. The van der Waals surface area contributed by atoms with E-state index in [1.165, 1.54) is 4.90 Å². The number of carbonyl (C=O) groups is 3. The van der Waals surface area contributed by atoms with Gasteiger partial charge < -0.3 is 14.4 Å². The maximum atomic E-state index is 13.2. The molecule has 0 saturated carbocycles. The first-order valence-electron chi connectivity index (χ1n) is 10.4. The Balaban J connectivity index is 1.55. The number of imide groups is 1. The van der Waals surface area contributed by atoms with E-state index in [0.717, 1.165) is 22.4 Å². The predicted molar refractivity (Wildman–Crippen MR) is 116 cm³/mol. The lowest BCUT2D eigenvalue weighted by atomic mass is 9.90. The number of hydrogen-bond donors (Lipinski definition) is 0. The Bertz CT molecular complexity index is 972. The van der Waals surface area contributed by atoms with Gasteiger partial charge >= 0.3 is 0 Å². The van der Waals surface area contributed by atoms with Crippen molar-refractivity contribution in [1.82, 2.24) is 9.80 Å². The normalized spacial score (nSPS) is 18.3. The highest BCUT2D eigenvalue weighted by atomic mass is 32.1. The Kier molecular flexibility index (Phi) is 6.27. The monoisotopic (exact) mass is 442 g/mol. The summed E-state index contributed by atoms with van der Waals surface area (Å²) in [6, 6.07) is 7.82. The number of thiophene rings is 1. The van der Waals surface area contributed by atoms with Crippen molar-refractivity contribution < 1.29 is 23.9 Å². The molecule has 164 valence electrons. The summed E-state index contributed by atoms with van der Waals surface area (Å²) in [4.78, 5) is 41.1. The quantitative estimate of drug-likeness (QED) is 0.616. The van der Waals surface area contributed by atoms with Gasteiger partial charge in [-0.15, -0.1) is 11.3 Å². The number of rotatable bonds is 7. The average molecular weight is 443 g/mol. The van der Waals surface area contributed by atoms with Crippen LogP contribution >= 0.6 is 11.3 Å². The number of benzene rings is 1. The lowest BCUT2D eigenvalue weighted by Gasteiger charge is -2.37. The van der Waals surface area contributed by atoms with Gasteiger partial charge in [0.05, 0.1) is 20.3 Å². The molecule has 2 aliphatic rings. The number of fused-ring (bicyclic) bond motifs is 1. The van der Waals surface area contributed by atoms with Crippen LogP contribution in [0.3, 0.4) is 0 Å². The van der Waals surface area contributed by atoms with Crippen molar-refractivity contribution in [3.8, 4) is 11.5 Å². The molecule has 8 heteroatoms. The molecule has 1 aromatic heterocycles. The topological polar surface area (TPSA) is 76.2 Å². The zero-order valence-electron chi connectivity index (χ0n) is 17.8. The molecule has 0 aliphatic carbocycles. The molecule has 0 bridgehead atoms. The Morgan fingerprint density at radius 3 is 2.45 bits per heavy atom. The van der Waals surface area contributed by atoms with Gasteiger partial charge in [0.25, 0.3) is 0 Å². The highest BCUT2D eigenvalue weighted by Gasteiger charge is 2.34. The Morgan fingerprint density at radius 1 is 1.10 bits per heavy atom. The number of carbonyl (C=O) groups excluding carboxylic acids is 3. The van der Waals surface area contributed by atoms with Crippen molar-refractivity contribution in [2.24, 2.45) is 0 Å². The van der Waals surface area contributed by atoms with Crippen LogP contribution in [0.1, 0.15) is 47.7 Å². The van der Waals surface area contributed by atoms with Gasteiger partial charge in [-0.1, -0.05) is 6.07 Å². The second-order valence-electron chi connectivity index (χ2n) is 7.70. The summed E-state index contributed by atoms with van der Waals surface area (Å²) in [6.45, 7) is 0.911. The number of ether oxygens (including phenoxy) is 2. The van der Waals surface area contributed by atoms with Gasteiger partial charge in [-0.2, -0.15) is 0 Å². The first kappa shape index (κ1) is 21.4. The smallest absolute Gasteiger partial charge is 0.229 e. The number of amides is 3. The van der Waals surface area contributed by atoms with E-state index in [0.29, 0.717) is 37.4 Å². The number of methoxy groups -OCH3 is 2. The highest BCUT2D eigenvalue weighted by molar-refractivity contribution is 7.10. The SMILES string of the molecule is COc1cc2c(cc1OC)[C@@H](c1cccs1)N(C(=O)CCCN1C(=O)CCC1=O)CC2. The van der Waals surface area contributed by atoms with Gasteiger partial charge in [0.15, 0.2) is 11.5 Å². The van der Waals surface area contributed by atoms with Gasteiger partial charge in [0, 0.05) is 37.2 Å². The summed E-state index contributed by atoms with van der Waals surface area (Å²) in [6.07, 6.45) is 2.06. The predicted octanol–water partition coefficient (Wildman–Crippen LogP) is 3.17. The number of nitrogens with zero attached hydrogens (tertiary/aromatic N) is 2. The molecule has 4 rings (SSSR count). The molecule has 0 radical (unpaired) electrons. The van der Waals surface area contributed by atoms with Gasteiger partial charge in [0.1, 0.15) is 0 Å². The standard InChI is InChI=1S/C23H26N2O5S/c1-29-17-13-15-9-11-25(20(26)6-3-10-24-21(27)7-8-22(24)28)23(19-5-4-12-31-19)16(15)14-18(17)30-2/h4-5,12-14,23H,3,6-11H2,1-2H3/t23-/m0/s1. The summed E-state index contributed by atoms with van der Waals surface area (Å²) in [7, 11) is 3.23. The van der Waals surface area contributed by atoms with Gasteiger partial charge in [-0.05, 0) is 47.5 Å². The van der Waals surface area contributed by atoms with Crippen LogP contribution in [0.4, 0.5) is 0 Å². The van der Waals surface area contributed by atoms with Gasteiger partial charge in [0.2, 0.25) is 17.7 Å². The molecule has 0 N–H and O–H groups in total. The minimum atomic E-state index is -0.189. The Hall–Kier alpha value is -2.87. The molecule has 0 spiro atoms. The highest BCUT2D eigenvalue weighted by Crippen LogP contribution is 2.42. The van der Waals surface area contributed by atoms with Crippen LogP contribution in [0.15, 0.2) is 29.6 Å². The van der Waals surface area contributed by atoms with Crippen LogP contribution < -0.4 is 9.47 Å². The molecule has 0 unspecified atom stereocenters. The van der Waals surface area contributed by atoms with Crippen LogP contribution in [-0.4, -0.2) is 54.8 Å². The van der Waals surface area contributed by atoms with E-state index < -0.39 is 0 Å². The number of likely N-dealkylation sites (tertiary alicyclic amines) is 1. The fraction of sp³-hybridized carbons (Fsp3) is 0.435. The molecule has 7 nitrogen and oxygen atoms in total. The Labute approximate surface area is 185 Å². The summed E-state index contributed by atoms with van der Waals surface area (Å²) in [5.74, 6) is 1.08. The van der Waals surface area contributed by atoms with Crippen molar-refractivity contribution in [1.29, 1.82) is 0 Å². The third-order valence-electron chi connectivity index (χ3n) is 5.93. The van der Waals surface area contributed by atoms with Crippen LogP contribution in [-0.2, 0) is 20.8 Å². The lowest BCUT2D eigenvalue weighted by molar-refractivity contribution is -0.139. The number of hydrogen-bond acceptors (Lipinski definition) is 6. The van der Waals surface area contributed by atoms with E-state index >= 15 is 0 Å². The molecule has 2 aliphatic heterocycles. The van der Waals surface area contributed by atoms with E-state index in [4.69, 9.17) is 9.47 Å². The van der Waals surface area contributed by atoms with E-state index in [2.05, 4.69) is 0 Å². The second kappa shape index (κ2) is 9.09. The van der Waals surface area contributed by atoms with E-state index in [9.17, 15) is 14.4 Å². The molecular formula is C23H26N2O5S. The minimum Gasteiger partial charge on any atom is -0.493 e. The molecule has 1 atom stereocenters. The zero-order valence-corrected chi connectivity index (χ0v) is 18.6. The van der Waals surface area contributed by atoms with Crippen molar-refractivity contribution in [3.05, 3.63) is 45.6 Å². The van der Waals surface area contributed by atoms with Crippen molar-refractivity contribution in [3.63, 3.8) is 0 Å². The average Bonchev–Trinajstić information content (AvgIpc) is 3.42. The molecule has 3 amide bonds. The van der Waals surface area contributed by atoms with Crippen LogP contribution in [0, 0.1) is 0 Å². The zero-order chi connectivity index (χ0) is 22.0.